The molecular weight excluding hydrogens is 1140 g/mol. The highest BCUT2D eigenvalue weighted by atomic mass is 35.5. The number of rotatable bonds is 13. The molecule has 6 heterocycles. The van der Waals surface area contributed by atoms with Crippen molar-refractivity contribution in [3.63, 3.8) is 0 Å². The highest BCUT2D eigenvalue weighted by Crippen LogP contribution is 2.46. The molecule has 0 bridgehead atoms. The van der Waals surface area contributed by atoms with Crippen LogP contribution < -0.4 is 15.2 Å². The Kier molecular flexibility index (Phi) is 15.4. The quantitative estimate of drug-likeness (QED) is 0.0620. The topological polar surface area (TPSA) is 239 Å². The SMILES string of the molecule is CC(C)(C)C(=O)OCn1ncc2cc(Cn3c(C(=O)O)c(C4=CC=CCC4=O)c4c5c(c(F)cc43)CCO5)c(Cl)cc21.CCOC(=O)c1c(C2=CC=CCC2=O)c2c3occc3c(F)cc2n1Cc1cc2ccc(OC(=O)C(C)N)cc2nc1Cl. The fourth-order valence-corrected chi connectivity index (χ4v) is 11.1. The zero-order valence-electron chi connectivity index (χ0n) is 46.3. The van der Waals surface area contributed by atoms with Crippen molar-refractivity contribution in [2.75, 3.05) is 13.2 Å². The molecule has 0 fully saturated rings. The van der Waals surface area contributed by atoms with Crippen molar-refractivity contribution >= 4 is 124 Å². The molecule has 5 aromatic heterocycles. The number of halogens is 4. The fourth-order valence-electron chi connectivity index (χ4n) is 10.7. The molecule has 1 atom stereocenters. The van der Waals surface area contributed by atoms with Gasteiger partial charge in [-0.2, -0.15) is 5.10 Å². The van der Waals surface area contributed by atoms with Crippen molar-refractivity contribution in [1.82, 2.24) is 23.9 Å². The van der Waals surface area contributed by atoms with E-state index in [4.69, 9.17) is 52.3 Å². The highest BCUT2D eigenvalue weighted by Gasteiger charge is 2.36. The summed E-state index contributed by atoms with van der Waals surface area (Å²) < 4.78 is 62.9. The van der Waals surface area contributed by atoms with Gasteiger partial charge in [0.1, 0.15) is 51.3 Å². The number of nitrogens with zero attached hydrogens (tertiary/aromatic N) is 5. The number of hydrogen-bond acceptors (Lipinski definition) is 14. The molecule has 3 aliphatic rings. The maximum Gasteiger partial charge on any atom is 0.355 e. The van der Waals surface area contributed by atoms with Crippen molar-refractivity contribution in [2.45, 2.75) is 79.7 Å². The van der Waals surface area contributed by atoms with E-state index < -0.39 is 41.0 Å². The lowest BCUT2D eigenvalue weighted by molar-refractivity contribution is -0.157. The first-order chi connectivity index (χ1) is 40.6. The van der Waals surface area contributed by atoms with Crippen LogP contribution in [0.25, 0.3) is 65.7 Å². The van der Waals surface area contributed by atoms with Gasteiger partial charge < -0.3 is 43.3 Å². The summed E-state index contributed by atoms with van der Waals surface area (Å²) in [7, 11) is 0. The van der Waals surface area contributed by atoms with Gasteiger partial charge in [-0.15, -0.1) is 0 Å². The zero-order valence-corrected chi connectivity index (χ0v) is 47.8. The number of allylic oxidation sites excluding steroid dienone is 8. The fraction of sp³-hybridized carbons (Fsp3) is 0.238. The van der Waals surface area contributed by atoms with Gasteiger partial charge in [-0.3, -0.25) is 14.4 Å². The number of carboxylic acid groups (broad SMARTS) is 1. The maximum absolute atomic E-state index is 15.4. The van der Waals surface area contributed by atoms with E-state index in [0.717, 1.165) is 0 Å². The number of pyridine rings is 1. The van der Waals surface area contributed by atoms with Crippen LogP contribution in [0.15, 0.2) is 108 Å². The molecule has 0 saturated carbocycles. The number of esters is 3. The summed E-state index contributed by atoms with van der Waals surface area (Å²) in [5.74, 6) is -3.93. The minimum Gasteiger partial charge on any atom is -0.492 e. The molecule has 0 amide bonds. The third-order valence-corrected chi connectivity index (χ3v) is 15.4. The van der Waals surface area contributed by atoms with Gasteiger partial charge in [-0.25, -0.2) is 32.8 Å². The van der Waals surface area contributed by atoms with Crippen LogP contribution in [-0.2, 0) is 54.9 Å². The third-order valence-electron chi connectivity index (χ3n) is 14.7. The predicted molar refractivity (Wildman–Crippen MR) is 314 cm³/mol. The van der Waals surface area contributed by atoms with Gasteiger partial charge in [-0.1, -0.05) is 59.7 Å². The lowest BCUT2D eigenvalue weighted by Gasteiger charge is -2.16. The number of carbonyl (C=O) groups excluding carboxylic acids is 5. The van der Waals surface area contributed by atoms with E-state index in [1.165, 1.54) is 40.6 Å². The number of ether oxygens (including phenoxy) is 4. The molecular formula is C63H52Cl2F2N6O12. The first-order valence-corrected chi connectivity index (χ1v) is 27.7. The van der Waals surface area contributed by atoms with Gasteiger partial charge in [0.05, 0.1) is 75.9 Å². The van der Waals surface area contributed by atoms with Gasteiger partial charge in [-0.05, 0) is 88.7 Å². The monoisotopic (exact) mass is 1190 g/mol. The van der Waals surface area contributed by atoms with E-state index in [1.807, 2.05) is 0 Å². The van der Waals surface area contributed by atoms with E-state index in [1.54, 1.807) is 111 Å². The summed E-state index contributed by atoms with van der Waals surface area (Å²) in [5.41, 5.74) is 9.13. The first-order valence-electron chi connectivity index (χ1n) is 26.9. The Morgan fingerprint density at radius 3 is 2.15 bits per heavy atom. The molecule has 9 aromatic rings. The van der Waals surface area contributed by atoms with Crippen LogP contribution in [0.4, 0.5) is 8.78 Å². The van der Waals surface area contributed by atoms with Crippen LogP contribution in [0, 0.1) is 17.0 Å². The summed E-state index contributed by atoms with van der Waals surface area (Å²) in [4.78, 5) is 81.3. The number of nitrogens with two attached hydrogens (primary N) is 1. The number of hydrogen-bond donors (Lipinski definition) is 2. The molecule has 434 valence electrons. The highest BCUT2D eigenvalue weighted by molar-refractivity contribution is 6.33. The number of fused-ring (bicyclic) bond motifs is 8. The van der Waals surface area contributed by atoms with Gasteiger partial charge in [0.25, 0.3) is 0 Å². The number of aromatic nitrogens is 5. The van der Waals surface area contributed by atoms with Crippen LogP contribution >= 0.6 is 23.2 Å². The average molecular weight is 1190 g/mol. The van der Waals surface area contributed by atoms with Crippen LogP contribution in [0.1, 0.15) is 96.3 Å². The maximum atomic E-state index is 15.4. The molecule has 0 spiro atoms. The summed E-state index contributed by atoms with van der Waals surface area (Å²) >= 11 is 13.4. The van der Waals surface area contributed by atoms with E-state index >= 15 is 8.78 Å². The number of aromatic carboxylic acids is 1. The number of benzene rings is 4. The third kappa shape index (κ3) is 10.7. The second-order valence-corrected chi connectivity index (χ2v) is 22.2. The van der Waals surface area contributed by atoms with Crippen molar-refractivity contribution in [3.05, 3.63) is 165 Å². The normalized spacial score (nSPS) is 14.4. The van der Waals surface area contributed by atoms with E-state index in [9.17, 15) is 33.9 Å². The lowest BCUT2D eigenvalue weighted by Crippen LogP contribution is -2.30. The zero-order chi connectivity index (χ0) is 60.3. The minimum absolute atomic E-state index is 0.0171. The van der Waals surface area contributed by atoms with Gasteiger partial charge in [0, 0.05) is 81.1 Å². The Hall–Kier alpha value is -9.24. The molecule has 1 aliphatic heterocycles. The molecule has 3 N–H and O–H groups in total. The van der Waals surface area contributed by atoms with Crippen LogP contribution in [0.5, 0.6) is 11.5 Å². The van der Waals surface area contributed by atoms with Gasteiger partial charge in [0.15, 0.2) is 18.3 Å². The molecule has 18 nitrogen and oxygen atoms in total. The van der Waals surface area contributed by atoms with Gasteiger partial charge in [0.2, 0.25) is 0 Å². The van der Waals surface area contributed by atoms with Crippen molar-refractivity contribution in [1.29, 1.82) is 0 Å². The smallest absolute Gasteiger partial charge is 0.355 e. The molecule has 1 unspecified atom stereocenters. The Morgan fingerprint density at radius 2 is 1.48 bits per heavy atom. The molecule has 2 aliphatic carbocycles. The molecule has 4 aromatic carbocycles. The standard InChI is InChI=1S/C32H25ClFN3O6.C31H27ClFN3O6/c1-3-41-32(40)28-26(21-6-4-5-7-25(21)38)27-24(14-22(34)20-10-11-42-29(20)27)37(28)15-18-12-17-8-9-19(43-31(39)16(2)35)13-23(17)36-30(18)33;1-31(2,3)30(40)42-15-36-22-11-20(32)17(10-16(22)13-34-36)14-35-23-12-21(33)18-8-9-41-28(18)26(23)25(27(35)29(38)39)19-6-4-5-7-24(19)37/h4-6,8-14,16H,3,7,15,35H2,1-2H3;4-6,10-13H,7-9,14-15H2,1-3H3,(H,38,39). The Bertz CT molecular complexity index is 4500. The Labute approximate surface area is 492 Å². The van der Waals surface area contributed by atoms with Crippen molar-refractivity contribution in [3.8, 4) is 11.5 Å². The summed E-state index contributed by atoms with van der Waals surface area (Å²) in [5, 5.41) is 17.6. The van der Waals surface area contributed by atoms with Crippen LogP contribution in [-0.4, -0.2) is 83.7 Å². The van der Waals surface area contributed by atoms with Crippen molar-refractivity contribution < 1.29 is 66.0 Å². The van der Waals surface area contributed by atoms with Crippen molar-refractivity contribution in [2.24, 2.45) is 11.1 Å². The summed E-state index contributed by atoms with van der Waals surface area (Å²) in [6.07, 6.45) is 13.6. The lowest BCUT2D eigenvalue weighted by atomic mass is 9.92. The molecule has 22 heteroatoms. The molecule has 0 radical (unpaired) electrons. The summed E-state index contributed by atoms with van der Waals surface area (Å²) in [6, 6.07) is 13.4. The molecule has 12 rings (SSSR count). The van der Waals surface area contributed by atoms with E-state index in [0.29, 0.717) is 71.8 Å². The second-order valence-electron chi connectivity index (χ2n) is 21.5. The van der Waals surface area contributed by atoms with E-state index in [-0.39, 0.29) is 125 Å². The number of carbonyl (C=O) groups is 6. The average Bonchev–Trinajstić information content (AvgIpc) is 1.63. The number of furan rings is 1. The van der Waals surface area contributed by atoms with Crippen LogP contribution in [0.2, 0.25) is 10.2 Å². The van der Waals surface area contributed by atoms with Crippen LogP contribution in [0.3, 0.4) is 0 Å². The van der Waals surface area contributed by atoms with E-state index in [2.05, 4.69) is 10.1 Å². The number of Topliss-reactive ketones (excluding diaryl/α,β-unsaturated/α-hetero) is 2. The molecule has 85 heavy (non-hydrogen) atoms. The first kappa shape index (κ1) is 57.6. The Balaban J connectivity index is 0.000000177. The molecule has 0 saturated heterocycles. The largest absolute Gasteiger partial charge is 0.492 e. The Morgan fingerprint density at radius 1 is 0.824 bits per heavy atom. The van der Waals surface area contributed by atoms with Gasteiger partial charge >= 0.3 is 23.9 Å². The minimum atomic E-state index is -1.28. The number of ketones is 2. The predicted octanol–water partition coefficient (Wildman–Crippen LogP) is 12.0. The second kappa shape index (κ2) is 22.7. The number of carboxylic acids is 1. The summed E-state index contributed by atoms with van der Waals surface area (Å²) in [6.45, 7) is 8.63.